The van der Waals surface area contributed by atoms with Crippen molar-refractivity contribution in [3.63, 3.8) is 0 Å². The third-order valence-electron chi connectivity index (χ3n) is 14.9. The molecular formula is C57H33Cl3. The fourth-order valence-electron chi connectivity index (χ4n) is 12.4. The van der Waals surface area contributed by atoms with Crippen molar-refractivity contribution in [2.75, 3.05) is 0 Å². The maximum absolute atomic E-state index is 7.06. The van der Waals surface area contributed by atoms with E-state index < -0.39 is 0 Å². The molecule has 0 heterocycles. The zero-order valence-corrected chi connectivity index (χ0v) is 34.9. The highest BCUT2D eigenvalue weighted by atomic mass is 35.5. The van der Waals surface area contributed by atoms with E-state index in [4.69, 9.17) is 54.1 Å². The smallest absolute Gasteiger partial charge is 0.0750 e. The number of hydrogen-bond acceptors (Lipinski definition) is 0. The van der Waals surface area contributed by atoms with Crippen LogP contribution in [0.25, 0.3) is 0 Å². The van der Waals surface area contributed by atoms with Crippen molar-refractivity contribution in [2.45, 2.75) is 57.8 Å². The molecule has 9 aliphatic carbocycles. The normalized spacial score (nSPS) is 32.6. The molecule has 3 heteroatoms. The molecule has 0 bridgehead atoms. The molecule has 3 saturated carbocycles. The SMILES string of the molecule is C#CC1=C(C#CC#Cc2c(Cl)c(C#CC#CC3=C(C#C)C45C=CC=CC34CCC5)c(Cl)c(C#CC#CC3=C(C#C)C45C=CC=CC34CCC5)c2Cl)C23C=CC=CC12CCC3. The van der Waals surface area contributed by atoms with Gasteiger partial charge in [-0.15, -0.1) is 19.3 Å². The second-order valence-corrected chi connectivity index (χ2v) is 17.9. The third kappa shape index (κ3) is 4.58. The number of rotatable bonds is 0. The highest BCUT2D eigenvalue weighted by molar-refractivity contribution is 6.42. The van der Waals surface area contributed by atoms with Gasteiger partial charge in [0.05, 0.1) is 31.8 Å². The van der Waals surface area contributed by atoms with Crippen molar-refractivity contribution in [3.05, 3.63) is 138 Å². The van der Waals surface area contributed by atoms with Crippen molar-refractivity contribution in [1.29, 1.82) is 0 Å². The zero-order valence-electron chi connectivity index (χ0n) is 32.7. The predicted molar refractivity (Wildman–Crippen MR) is 244 cm³/mol. The number of terminal acetylenes is 3. The van der Waals surface area contributed by atoms with Crippen molar-refractivity contribution in [1.82, 2.24) is 0 Å². The van der Waals surface area contributed by atoms with Crippen LogP contribution in [0.4, 0.5) is 0 Å². The quantitative estimate of drug-likeness (QED) is 0.229. The van der Waals surface area contributed by atoms with E-state index in [0.717, 1.165) is 91.2 Å². The van der Waals surface area contributed by atoms with Crippen LogP contribution < -0.4 is 0 Å². The van der Waals surface area contributed by atoms with Crippen LogP contribution in [0.1, 0.15) is 74.5 Å². The van der Waals surface area contributed by atoms with Crippen LogP contribution in [0.2, 0.25) is 15.1 Å². The Bertz CT molecular complexity index is 2780. The van der Waals surface area contributed by atoms with E-state index in [1.807, 2.05) is 0 Å². The summed E-state index contributed by atoms with van der Waals surface area (Å²) in [6, 6.07) is 0. The fraction of sp³-hybridized carbons (Fsp3) is 0.263. The lowest BCUT2D eigenvalue weighted by Gasteiger charge is -2.53. The molecule has 0 radical (unpaired) electrons. The minimum atomic E-state index is -0.181. The van der Waals surface area contributed by atoms with Gasteiger partial charge < -0.3 is 0 Å². The summed E-state index contributed by atoms with van der Waals surface area (Å²) in [5.74, 6) is 46.1. The number of hydrogen-bond donors (Lipinski definition) is 0. The first kappa shape index (κ1) is 38.0. The molecule has 0 aromatic heterocycles. The highest BCUT2D eigenvalue weighted by Crippen LogP contribution is 2.73. The second kappa shape index (κ2) is 13.7. The van der Waals surface area contributed by atoms with E-state index in [1.54, 1.807) is 0 Å². The number of allylic oxidation sites excluding steroid dienone is 18. The van der Waals surface area contributed by atoms with E-state index in [0.29, 0.717) is 16.7 Å². The highest BCUT2D eigenvalue weighted by Gasteiger charge is 2.66. The van der Waals surface area contributed by atoms with Crippen molar-refractivity contribution < 1.29 is 0 Å². The molecule has 0 saturated heterocycles. The lowest BCUT2D eigenvalue weighted by atomic mass is 9.47. The minimum Gasteiger partial charge on any atom is -0.115 e. The van der Waals surface area contributed by atoms with Gasteiger partial charge in [-0.05, 0) is 91.8 Å². The van der Waals surface area contributed by atoms with Crippen LogP contribution in [0.5, 0.6) is 0 Å². The van der Waals surface area contributed by atoms with Crippen LogP contribution in [0.3, 0.4) is 0 Å². The Hall–Kier alpha value is -6.21. The summed E-state index contributed by atoms with van der Waals surface area (Å²) in [6.45, 7) is 0. The topological polar surface area (TPSA) is 0 Å². The molecule has 0 aliphatic heterocycles. The number of benzene rings is 1. The van der Waals surface area contributed by atoms with E-state index in [1.165, 1.54) is 0 Å². The fourth-order valence-corrected chi connectivity index (χ4v) is 13.4. The zero-order chi connectivity index (χ0) is 41.4. The minimum absolute atomic E-state index is 0.146. The summed E-state index contributed by atoms with van der Waals surface area (Å²) < 4.78 is 0. The summed E-state index contributed by atoms with van der Waals surface area (Å²) in [6.07, 6.45) is 53.4. The monoisotopic (exact) mass is 822 g/mol. The Labute approximate surface area is 369 Å². The molecule has 10 rings (SSSR count). The average Bonchev–Trinajstić information content (AvgIpc) is 3.91. The molecule has 6 unspecified atom stereocenters. The van der Waals surface area contributed by atoms with E-state index in [2.05, 4.69) is 162 Å². The van der Waals surface area contributed by atoms with Gasteiger partial charge >= 0.3 is 0 Å². The van der Waals surface area contributed by atoms with Crippen LogP contribution in [-0.4, -0.2) is 0 Å². The third-order valence-corrected chi connectivity index (χ3v) is 16.1. The summed E-state index contributed by atoms with van der Waals surface area (Å²) >= 11 is 21.2. The summed E-state index contributed by atoms with van der Waals surface area (Å²) in [7, 11) is 0. The Morgan fingerprint density at radius 3 is 0.783 bits per heavy atom. The van der Waals surface area contributed by atoms with Gasteiger partial charge in [0.15, 0.2) is 0 Å². The maximum Gasteiger partial charge on any atom is 0.0750 e. The molecular weight excluding hydrogens is 791 g/mol. The van der Waals surface area contributed by atoms with Gasteiger partial charge in [-0.25, -0.2) is 0 Å². The Morgan fingerprint density at radius 2 is 0.550 bits per heavy atom. The standard InChI is InChI=1S/C57H33Cl3/c1-4-43-46(55-31-16-13-28-52(43,55)34-19-37-55)25-10-7-22-40-49(58)41(23-8-11-26-47-44(5-2)53-29-14-17-32-56(47,53)38-20-35-53)51(60)42(50(40)59)24-9-12-27-48-45(6-3)54-30-15-18-33-57(48,54)39-21-36-54/h1-3,13-18,28-33H,19-21,34-39H2. The summed E-state index contributed by atoms with van der Waals surface area (Å²) in [4.78, 5) is 0. The van der Waals surface area contributed by atoms with Gasteiger partial charge in [-0.3, -0.25) is 0 Å². The molecule has 0 spiro atoms. The Kier molecular flexibility index (Phi) is 8.66. The van der Waals surface area contributed by atoms with Crippen molar-refractivity contribution in [3.8, 4) is 108 Å². The Morgan fingerprint density at radius 1 is 0.333 bits per heavy atom. The molecule has 0 N–H and O–H groups in total. The molecule has 3 fully saturated rings. The van der Waals surface area contributed by atoms with Gasteiger partial charge in [0.1, 0.15) is 0 Å². The van der Waals surface area contributed by atoms with E-state index in [9.17, 15) is 0 Å². The summed E-state index contributed by atoms with van der Waals surface area (Å²) in [5.41, 5.74) is 5.61. The first-order chi connectivity index (χ1) is 29.3. The predicted octanol–water partition coefficient (Wildman–Crippen LogP) is 11.4. The molecule has 0 nitrogen and oxygen atoms in total. The van der Waals surface area contributed by atoms with Gasteiger partial charge in [0, 0.05) is 65.9 Å². The van der Waals surface area contributed by atoms with Crippen molar-refractivity contribution in [2.24, 2.45) is 32.5 Å². The second-order valence-electron chi connectivity index (χ2n) is 16.8. The molecule has 282 valence electrons. The summed E-state index contributed by atoms with van der Waals surface area (Å²) in [5, 5.41) is 0.539. The van der Waals surface area contributed by atoms with Crippen LogP contribution in [0.15, 0.2) is 106 Å². The van der Waals surface area contributed by atoms with Gasteiger partial charge in [0.2, 0.25) is 0 Å². The lowest BCUT2D eigenvalue weighted by Crippen LogP contribution is -2.48. The molecule has 60 heavy (non-hydrogen) atoms. The molecule has 1 aromatic carbocycles. The van der Waals surface area contributed by atoms with E-state index in [-0.39, 0.29) is 47.6 Å². The largest absolute Gasteiger partial charge is 0.115 e. The van der Waals surface area contributed by atoms with E-state index >= 15 is 0 Å². The van der Waals surface area contributed by atoms with Gasteiger partial charge in [-0.2, -0.15) is 0 Å². The lowest BCUT2D eigenvalue weighted by molar-refractivity contribution is 0.232. The average molecular weight is 824 g/mol. The van der Waals surface area contributed by atoms with Crippen LogP contribution in [0, 0.1) is 141 Å². The maximum atomic E-state index is 7.06. The molecule has 9 aliphatic rings. The Balaban J connectivity index is 1.04. The number of halogens is 3. The molecule has 0 amide bonds. The van der Waals surface area contributed by atoms with Gasteiger partial charge in [-0.1, -0.05) is 163 Å². The van der Waals surface area contributed by atoms with Gasteiger partial charge in [0.25, 0.3) is 0 Å². The van der Waals surface area contributed by atoms with Crippen LogP contribution in [-0.2, 0) is 0 Å². The first-order valence-electron chi connectivity index (χ1n) is 20.3. The molecule has 6 atom stereocenters. The molecule has 1 aromatic rings. The van der Waals surface area contributed by atoms with Crippen LogP contribution >= 0.6 is 34.8 Å². The first-order valence-corrected chi connectivity index (χ1v) is 21.4. The van der Waals surface area contributed by atoms with Crippen molar-refractivity contribution >= 4 is 34.8 Å².